The summed E-state index contributed by atoms with van der Waals surface area (Å²) in [5.74, 6) is 0. The molecule has 0 unspecified atom stereocenters. The number of hydrogen-bond acceptors (Lipinski definition) is 0. The van der Waals surface area contributed by atoms with Crippen molar-refractivity contribution < 1.29 is 0 Å². The number of rotatable bonds is 2. The van der Waals surface area contributed by atoms with Crippen LogP contribution in [-0.2, 0) is 0 Å². The summed E-state index contributed by atoms with van der Waals surface area (Å²) in [6.45, 7) is 13.6. The summed E-state index contributed by atoms with van der Waals surface area (Å²) in [6, 6.07) is 0. The average Bonchev–Trinajstić information content (AvgIpc) is 1.64. The van der Waals surface area contributed by atoms with Crippen molar-refractivity contribution >= 4 is 0 Å². The largest absolute Gasteiger partial charge is 0.0985 e. The maximum atomic E-state index is 3.82. The first-order valence-electron chi connectivity index (χ1n) is 3.05. The van der Waals surface area contributed by atoms with E-state index < -0.39 is 0 Å². The minimum atomic E-state index is 1.09. The molecule has 0 spiro atoms. The molecule has 0 aromatic rings. The average molecular weight is 122 g/mol. The normalized spacial score (nSPS) is 8.33. The lowest BCUT2D eigenvalue weighted by atomic mass is 10.1. The van der Waals surface area contributed by atoms with Gasteiger partial charge in [-0.3, -0.25) is 0 Å². The maximum absolute atomic E-state index is 3.82. The highest BCUT2D eigenvalue weighted by atomic mass is 14.0. The van der Waals surface area contributed by atoms with Crippen LogP contribution in [0.2, 0.25) is 0 Å². The molecular weight excluding hydrogens is 108 g/mol. The number of hydrogen-bond donors (Lipinski definition) is 0. The molecule has 0 heteroatoms. The van der Waals surface area contributed by atoms with Gasteiger partial charge < -0.3 is 0 Å². The van der Waals surface area contributed by atoms with Crippen molar-refractivity contribution in [1.82, 2.24) is 0 Å². The van der Waals surface area contributed by atoms with Gasteiger partial charge in [-0.25, -0.2) is 0 Å². The Morgan fingerprint density at radius 3 is 1.67 bits per heavy atom. The van der Waals surface area contributed by atoms with Crippen LogP contribution in [0.4, 0.5) is 0 Å². The predicted molar refractivity (Wildman–Crippen MR) is 43.4 cm³/mol. The van der Waals surface area contributed by atoms with Crippen LogP contribution in [0.15, 0.2) is 36.0 Å². The van der Waals surface area contributed by atoms with Crippen LogP contribution in [0, 0.1) is 0 Å². The molecule has 0 amide bonds. The van der Waals surface area contributed by atoms with Crippen molar-refractivity contribution in [2.45, 2.75) is 20.8 Å². The molecule has 0 rings (SSSR count). The molecule has 0 bridgehead atoms. The molecule has 0 aromatic carbocycles. The molecule has 0 saturated heterocycles. The molecule has 0 nitrogen and oxygen atoms in total. The van der Waals surface area contributed by atoms with Gasteiger partial charge in [-0.05, 0) is 26.3 Å². The fourth-order valence-electron chi connectivity index (χ4n) is 0.805. The summed E-state index contributed by atoms with van der Waals surface area (Å²) in [4.78, 5) is 0. The van der Waals surface area contributed by atoms with E-state index >= 15 is 0 Å². The van der Waals surface area contributed by atoms with Crippen LogP contribution in [0.3, 0.4) is 0 Å². The lowest BCUT2D eigenvalue weighted by Gasteiger charge is -2.01. The second-order valence-electron chi connectivity index (χ2n) is 2.40. The summed E-state index contributed by atoms with van der Waals surface area (Å²) in [5, 5.41) is 0. The Labute approximate surface area is 57.6 Å². The first kappa shape index (κ1) is 8.22. The zero-order valence-corrected chi connectivity index (χ0v) is 6.49. The molecule has 0 aliphatic rings. The van der Waals surface area contributed by atoms with Gasteiger partial charge in [0.05, 0.1) is 0 Å². The molecule has 0 aliphatic heterocycles. The smallest absolute Gasteiger partial charge is 0.0253 e. The van der Waals surface area contributed by atoms with Crippen LogP contribution in [-0.4, -0.2) is 0 Å². The molecular formula is C9H14. The Bertz CT molecular complexity index is 155. The molecule has 0 heterocycles. The second-order valence-corrected chi connectivity index (χ2v) is 2.40. The molecule has 50 valence electrons. The van der Waals surface area contributed by atoms with Crippen molar-refractivity contribution in [3.05, 3.63) is 36.0 Å². The van der Waals surface area contributed by atoms with Crippen LogP contribution in [0.1, 0.15) is 20.8 Å². The van der Waals surface area contributed by atoms with E-state index in [0.29, 0.717) is 0 Å². The molecule has 0 atom stereocenters. The second kappa shape index (κ2) is 3.29. The third-order valence-corrected chi connectivity index (χ3v) is 1.20. The maximum Gasteiger partial charge on any atom is -0.0253 e. The van der Waals surface area contributed by atoms with E-state index in [0.717, 1.165) is 5.57 Å². The summed E-state index contributed by atoms with van der Waals surface area (Å²) in [6.07, 6.45) is 1.84. The van der Waals surface area contributed by atoms with Crippen LogP contribution >= 0.6 is 0 Å². The molecule has 0 aromatic heterocycles. The van der Waals surface area contributed by atoms with Crippen molar-refractivity contribution in [2.24, 2.45) is 0 Å². The summed E-state index contributed by atoms with van der Waals surface area (Å²) in [5.41, 5.74) is 3.54. The van der Waals surface area contributed by atoms with E-state index in [4.69, 9.17) is 0 Å². The zero-order valence-electron chi connectivity index (χ0n) is 6.49. The molecule has 0 saturated carbocycles. The van der Waals surface area contributed by atoms with Gasteiger partial charge in [0.1, 0.15) is 0 Å². The SMILES string of the molecule is C=CC(C(=C)C)=C(C)C. The van der Waals surface area contributed by atoms with Gasteiger partial charge >= 0.3 is 0 Å². The summed E-state index contributed by atoms with van der Waals surface area (Å²) < 4.78 is 0. The molecule has 0 fully saturated rings. The first-order valence-corrected chi connectivity index (χ1v) is 3.05. The number of allylic oxidation sites excluding steroid dienone is 4. The van der Waals surface area contributed by atoms with Crippen molar-refractivity contribution in [1.29, 1.82) is 0 Å². The Kier molecular flexibility index (Phi) is 3.00. The highest BCUT2D eigenvalue weighted by Crippen LogP contribution is 2.12. The van der Waals surface area contributed by atoms with Gasteiger partial charge in [-0.1, -0.05) is 30.4 Å². The van der Waals surface area contributed by atoms with Crippen LogP contribution in [0.5, 0.6) is 0 Å². The molecule has 0 N–H and O–H groups in total. The third kappa shape index (κ3) is 2.31. The minimum Gasteiger partial charge on any atom is -0.0985 e. The minimum absolute atomic E-state index is 1.09. The van der Waals surface area contributed by atoms with E-state index in [1.807, 2.05) is 13.0 Å². The van der Waals surface area contributed by atoms with Crippen molar-refractivity contribution in [3.63, 3.8) is 0 Å². The zero-order chi connectivity index (χ0) is 7.44. The predicted octanol–water partition coefficient (Wildman–Crippen LogP) is 3.08. The topological polar surface area (TPSA) is 0 Å². The van der Waals surface area contributed by atoms with Crippen molar-refractivity contribution in [2.75, 3.05) is 0 Å². The van der Waals surface area contributed by atoms with E-state index in [-0.39, 0.29) is 0 Å². The lowest BCUT2D eigenvalue weighted by Crippen LogP contribution is -1.80. The van der Waals surface area contributed by atoms with E-state index in [9.17, 15) is 0 Å². The van der Waals surface area contributed by atoms with Gasteiger partial charge in [0, 0.05) is 0 Å². The summed E-state index contributed by atoms with van der Waals surface area (Å²) >= 11 is 0. The van der Waals surface area contributed by atoms with Crippen molar-refractivity contribution in [3.8, 4) is 0 Å². The van der Waals surface area contributed by atoms with E-state index in [2.05, 4.69) is 27.0 Å². The van der Waals surface area contributed by atoms with Gasteiger partial charge in [0.2, 0.25) is 0 Å². The standard InChI is InChI=1S/C9H14/c1-6-9(7(2)3)8(4)5/h6H,1-2H2,3-5H3. The van der Waals surface area contributed by atoms with Gasteiger partial charge in [-0.2, -0.15) is 0 Å². The van der Waals surface area contributed by atoms with E-state index in [1.54, 1.807) is 0 Å². The Hall–Kier alpha value is -0.780. The van der Waals surface area contributed by atoms with Gasteiger partial charge in [-0.15, -0.1) is 0 Å². The highest BCUT2D eigenvalue weighted by Gasteiger charge is 1.92. The quantitative estimate of drug-likeness (QED) is 0.494. The first-order chi connectivity index (χ1) is 4.09. The van der Waals surface area contributed by atoms with Gasteiger partial charge in [0.15, 0.2) is 0 Å². The Morgan fingerprint density at radius 2 is 1.67 bits per heavy atom. The summed E-state index contributed by atoms with van der Waals surface area (Å²) in [7, 11) is 0. The monoisotopic (exact) mass is 122 g/mol. The Balaban J connectivity index is 4.55. The lowest BCUT2D eigenvalue weighted by molar-refractivity contribution is 1.29. The molecule has 0 aliphatic carbocycles. The fourth-order valence-corrected chi connectivity index (χ4v) is 0.805. The van der Waals surface area contributed by atoms with Crippen LogP contribution in [0.25, 0.3) is 0 Å². The van der Waals surface area contributed by atoms with Crippen LogP contribution < -0.4 is 0 Å². The molecule has 0 radical (unpaired) electrons. The Morgan fingerprint density at radius 1 is 1.22 bits per heavy atom. The molecule has 9 heavy (non-hydrogen) atoms. The van der Waals surface area contributed by atoms with Gasteiger partial charge in [0.25, 0.3) is 0 Å². The fraction of sp³-hybridized carbons (Fsp3) is 0.333. The highest BCUT2D eigenvalue weighted by molar-refractivity contribution is 5.38. The third-order valence-electron chi connectivity index (χ3n) is 1.20. The van der Waals surface area contributed by atoms with E-state index in [1.165, 1.54) is 11.1 Å².